The zero-order valence-corrected chi connectivity index (χ0v) is 8.88. The quantitative estimate of drug-likeness (QED) is 0.827. The van der Waals surface area contributed by atoms with Crippen LogP contribution in [0.25, 0.3) is 0 Å². The van der Waals surface area contributed by atoms with Crippen LogP contribution in [-0.2, 0) is 0 Å². The van der Waals surface area contributed by atoms with Gasteiger partial charge >= 0.3 is 0 Å². The molecule has 1 heterocycles. The van der Waals surface area contributed by atoms with E-state index in [1.807, 2.05) is 0 Å². The Kier molecular flexibility index (Phi) is 2.71. The van der Waals surface area contributed by atoms with Crippen LogP contribution in [0.5, 0.6) is 0 Å². The average Bonchev–Trinajstić information content (AvgIpc) is 2.58. The van der Waals surface area contributed by atoms with Gasteiger partial charge in [-0.2, -0.15) is 0 Å². The van der Waals surface area contributed by atoms with E-state index in [1.165, 1.54) is 12.1 Å². The first-order chi connectivity index (χ1) is 7.09. The predicted molar refractivity (Wildman–Crippen MR) is 54.9 cm³/mol. The third kappa shape index (κ3) is 2.33. The summed E-state index contributed by atoms with van der Waals surface area (Å²) in [5.41, 5.74) is -0.716. The number of carbonyl (C=O) groups excluding carboxylic acids is 1. The highest BCUT2D eigenvalue weighted by atomic mass is 35.5. The van der Waals surface area contributed by atoms with Crippen LogP contribution in [0.3, 0.4) is 0 Å². The molecule has 1 aliphatic rings. The van der Waals surface area contributed by atoms with Crippen molar-refractivity contribution >= 4 is 17.5 Å². The van der Waals surface area contributed by atoms with Gasteiger partial charge in [-0.3, -0.25) is 4.79 Å². The number of aliphatic hydroxyl groups is 1. The molecule has 1 amide bonds. The molecule has 2 rings (SSSR count). The van der Waals surface area contributed by atoms with Gasteiger partial charge < -0.3 is 14.8 Å². The number of hydrogen-bond donors (Lipinski definition) is 2. The van der Waals surface area contributed by atoms with E-state index < -0.39 is 5.60 Å². The van der Waals surface area contributed by atoms with Gasteiger partial charge in [-0.1, -0.05) is 0 Å². The highest BCUT2D eigenvalue weighted by Crippen LogP contribution is 2.30. The topological polar surface area (TPSA) is 62.5 Å². The van der Waals surface area contributed by atoms with E-state index in [1.54, 1.807) is 0 Å². The van der Waals surface area contributed by atoms with Gasteiger partial charge in [0.15, 0.2) is 11.0 Å². The lowest BCUT2D eigenvalue weighted by Gasteiger charge is -2.36. The second-order valence-corrected chi connectivity index (χ2v) is 4.24. The second kappa shape index (κ2) is 3.87. The fourth-order valence-corrected chi connectivity index (χ4v) is 1.68. The molecule has 0 radical (unpaired) electrons. The normalized spacial score (nSPS) is 18.3. The Labute approximate surface area is 92.2 Å². The van der Waals surface area contributed by atoms with Gasteiger partial charge in [-0.25, -0.2) is 0 Å². The number of hydrogen-bond acceptors (Lipinski definition) is 3. The lowest BCUT2D eigenvalue weighted by Crippen LogP contribution is -2.47. The molecule has 82 valence electrons. The summed E-state index contributed by atoms with van der Waals surface area (Å²) in [5, 5.41) is 12.5. The van der Waals surface area contributed by atoms with E-state index in [9.17, 15) is 9.90 Å². The van der Waals surface area contributed by atoms with Crippen LogP contribution in [0, 0.1) is 0 Å². The smallest absolute Gasteiger partial charge is 0.287 e. The third-order valence-corrected chi connectivity index (χ3v) is 2.86. The maximum Gasteiger partial charge on any atom is 0.287 e. The number of rotatable bonds is 3. The summed E-state index contributed by atoms with van der Waals surface area (Å²) in [6.45, 7) is 0.268. The lowest BCUT2D eigenvalue weighted by molar-refractivity contribution is -0.0301. The molecule has 0 bridgehead atoms. The zero-order chi connectivity index (χ0) is 10.9. The zero-order valence-electron chi connectivity index (χ0n) is 8.12. The summed E-state index contributed by atoms with van der Waals surface area (Å²) in [7, 11) is 0. The molecule has 4 nitrogen and oxygen atoms in total. The molecule has 1 aromatic heterocycles. The maximum atomic E-state index is 11.5. The van der Waals surface area contributed by atoms with Crippen LogP contribution in [0.2, 0.25) is 5.22 Å². The van der Waals surface area contributed by atoms with E-state index in [0.717, 1.165) is 19.3 Å². The molecule has 2 N–H and O–H groups in total. The van der Waals surface area contributed by atoms with Gasteiger partial charge in [0, 0.05) is 6.54 Å². The SMILES string of the molecule is O=C(NCC1(O)CCC1)c1ccc(Cl)o1. The van der Waals surface area contributed by atoms with Crippen molar-refractivity contribution in [3.63, 3.8) is 0 Å². The number of nitrogens with one attached hydrogen (secondary N) is 1. The summed E-state index contributed by atoms with van der Waals surface area (Å²) in [5.74, 6) is -0.176. The van der Waals surface area contributed by atoms with E-state index >= 15 is 0 Å². The molecule has 0 saturated heterocycles. The highest BCUT2D eigenvalue weighted by Gasteiger charge is 2.34. The third-order valence-electron chi connectivity index (χ3n) is 2.66. The summed E-state index contributed by atoms with van der Waals surface area (Å²) < 4.78 is 4.93. The van der Waals surface area contributed by atoms with Crippen LogP contribution in [-0.4, -0.2) is 23.2 Å². The second-order valence-electron chi connectivity index (χ2n) is 3.86. The standard InChI is InChI=1S/C10H12ClNO3/c11-8-3-2-7(15-8)9(13)12-6-10(14)4-1-5-10/h2-3,14H,1,4-6H2,(H,12,13). The van der Waals surface area contributed by atoms with Crippen LogP contribution in [0.4, 0.5) is 0 Å². The molecule has 0 aliphatic heterocycles. The van der Waals surface area contributed by atoms with Crippen molar-refractivity contribution in [1.82, 2.24) is 5.32 Å². The average molecular weight is 230 g/mol. The first-order valence-corrected chi connectivity index (χ1v) is 5.23. The van der Waals surface area contributed by atoms with Crippen LogP contribution >= 0.6 is 11.6 Å². The molecular formula is C10H12ClNO3. The van der Waals surface area contributed by atoms with Gasteiger partial charge in [0.2, 0.25) is 0 Å². The first kappa shape index (κ1) is 10.5. The molecule has 0 spiro atoms. The molecule has 0 aromatic carbocycles. The molecular weight excluding hydrogens is 218 g/mol. The van der Waals surface area contributed by atoms with Crippen molar-refractivity contribution in [2.24, 2.45) is 0 Å². The van der Waals surface area contributed by atoms with Crippen molar-refractivity contribution in [1.29, 1.82) is 0 Å². The van der Waals surface area contributed by atoms with Crippen molar-refractivity contribution in [2.75, 3.05) is 6.54 Å². The monoisotopic (exact) mass is 229 g/mol. The van der Waals surface area contributed by atoms with Gasteiger partial charge in [-0.05, 0) is 43.0 Å². The summed E-state index contributed by atoms with van der Waals surface area (Å²) in [4.78, 5) is 11.5. The molecule has 1 saturated carbocycles. The Balaban J connectivity index is 1.87. The van der Waals surface area contributed by atoms with Gasteiger partial charge in [-0.15, -0.1) is 0 Å². The fourth-order valence-electron chi connectivity index (χ4n) is 1.53. The van der Waals surface area contributed by atoms with Crippen LogP contribution in [0.15, 0.2) is 16.5 Å². The van der Waals surface area contributed by atoms with E-state index in [0.29, 0.717) is 0 Å². The van der Waals surface area contributed by atoms with Gasteiger partial charge in [0.1, 0.15) is 0 Å². The molecule has 0 unspecified atom stereocenters. The van der Waals surface area contributed by atoms with Crippen LogP contribution < -0.4 is 5.32 Å². The van der Waals surface area contributed by atoms with Crippen molar-refractivity contribution in [2.45, 2.75) is 24.9 Å². The largest absolute Gasteiger partial charge is 0.440 e. The number of amides is 1. The summed E-state index contributed by atoms with van der Waals surface area (Å²) in [6.07, 6.45) is 2.50. The van der Waals surface area contributed by atoms with Gasteiger partial charge in [0.25, 0.3) is 5.91 Å². The summed E-state index contributed by atoms with van der Waals surface area (Å²) >= 11 is 5.54. The molecule has 15 heavy (non-hydrogen) atoms. The number of carbonyl (C=O) groups is 1. The fraction of sp³-hybridized carbons (Fsp3) is 0.500. The Morgan fingerprint density at radius 2 is 2.33 bits per heavy atom. The highest BCUT2D eigenvalue weighted by molar-refractivity contribution is 6.29. The molecule has 1 fully saturated rings. The van der Waals surface area contributed by atoms with Crippen LogP contribution in [0.1, 0.15) is 29.8 Å². The maximum absolute atomic E-state index is 11.5. The Morgan fingerprint density at radius 1 is 1.60 bits per heavy atom. The molecule has 1 aliphatic carbocycles. The number of furan rings is 1. The van der Waals surface area contributed by atoms with E-state index in [2.05, 4.69) is 5.32 Å². The molecule has 0 atom stereocenters. The minimum Gasteiger partial charge on any atom is -0.440 e. The van der Waals surface area contributed by atoms with Crippen molar-refractivity contribution < 1.29 is 14.3 Å². The summed E-state index contributed by atoms with van der Waals surface area (Å²) in [6, 6.07) is 3.01. The van der Waals surface area contributed by atoms with Crippen molar-refractivity contribution in [3.05, 3.63) is 23.1 Å². The minimum absolute atomic E-state index is 0.169. The minimum atomic E-state index is -0.716. The van der Waals surface area contributed by atoms with E-state index in [-0.39, 0.29) is 23.4 Å². The first-order valence-electron chi connectivity index (χ1n) is 4.85. The Hall–Kier alpha value is -1.00. The van der Waals surface area contributed by atoms with Crippen molar-refractivity contribution in [3.8, 4) is 0 Å². The predicted octanol–water partition coefficient (Wildman–Crippen LogP) is 1.58. The van der Waals surface area contributed by atoms with Gasteiger partial charge in [0.05, 0.1) is 5.60 Å². The lowest BCUT2D eigenvalue weighted by atomic mass is 9.80. The number of halogens is 1. The molecule has 5 heteroatoms. The Bertz CT molecular complexity index is 370. The Morgan fingerprint density at radius 3 is 2.80 bits per heavy atom. The van der Waals surface area contributed by atoms with E-state index in [4.69, 9.17) is 16.0 Å². The molecule has 1 aromatic rings.